The Morgan fingerprint density at radius 3 is 2.39 bits per heavy atom. The van der Waals surface area contributed by atoms with Crippen molar-refractivity contribution in [3.8, 4) is 17.2 Å². The van der Waals surface area contributed by atoms with E-state index in [1.165, 1.54) is 34.9 Å². The van der Waals surface area contributed by atoms with E-state index in [1.54, 1.807) is 48.4 Å². The van der Waals surface area contributed by atoms with Crippen LogP contribution in [0.1, 0.15) is 24.8 Å². The average Bonchev–Trinajstić information content (AvgIpc) is 3.66. The topological polar surface area (TPSA) is 98.6 Å². The Bertz CT molecular complexity index is 1440. The van der Waals surface area contributed by atoms with Gasteiger partial charge in [-0.3, -0.25) is 9.59 Å². The maximum Gasteiger partial charge on any atom is 0.247 e. The Morgan fingerprint density at radius 2 is 1.68 bits per heavy atom. The van der Waals surface area contributed by atoms with Crippen molar-refractivity contribution in [2.45, 2.75) is 38.3 Å². The van der Waals surface area contributed by atoms with Crippen LogP contribution >= 0.6 is 0 Å². The molecule has 1 aliphatic rings. The second-order valence-corrected chi connectivity index (χ2v) is 10.0. The summed E-state index contributed by atoms with van der Waals surface area (Å²) in [6, 6.07) is 20.1. The number of hydrogen-bond donors (Lipinski definition) is 1. The molecule has 1 saturated heterocycles. The van der Waals surface area contributed by atoms with E-state index in [0.717, 1.165) is 25.0 Å². The summed E-state index contributed by atoms with van der Waals surface area (Å²) in [4.78, 5) is 29.6. The van der Waals surface area contributed by atoms with Crippen LogP contribution in [0.25, 0.3) is 0 Å². The Morgan fingerprint density at radius 1 is 0.976 bits per heavy atom. The number of benzene rings is 3. The summed E-state index contributed by atoms with van der Waals surface area (Å²) >= 11 is 0. The predicted octanol–water partition coefficient (Wildman–Crippen LogP) is 5.10. The van der Waals surface area contributed by atoms with Crippen molar-refractivity contribution in [1.82, 2.24) is 19.9 Å². The van der Waals surface area contributed by atoms with Crippen molar-refractivity contribution in [3.05, 3.63) is 96.6 Å². The number of ether oxygens (including phenoxy) is 2. The van der Waals surface area contributed by atoms with Gasteiger partial charge in [-0.05, 0) is 97.8 Å². The van der Waals surface area contributed by atoms with E-state index >= 15 is 0 Å². The SMILES string of the molecule is COc1cccc(CCCC2CC(C(=O)Nc3ccc(Oc4ccc(F)cc4)cc3)N(C(=O)Cn3nccn3)C2)c1. The molecule has 4 aromatic rings. The molecule has 2 amide bonds. The number of aryl methyl sites for hydroxylation is 1. The van der Waals surface area contributed by atoms with Gasteiger partial charge in [0.25, 0.3) is 0 Å². The molecule has 2 atom stereocenters. The van der Waals surface area contributed by atoms with Gasteiger partial charge in [0.1, 0.15) is 35.7 Å². The molecule has 1 N–H and O–H groups in total. The third-order valence-electron chi connectivity index (χ3n) is 7.14. The summed E-state index contributed by atoms with van der Waals surface area (Å²) in [6.45, 7) is 0.476. The van der Waals surface area contributed by atoms with Crippen molar-refractivity contribution in [2.24, 2.45) is 5.92 Å². The van der Waals surface area contributed by atoms with Crippen LogP contribution in [0.3, 0.4) is 0 Å². The van der Waals surface area contributed by atoms with Crippen LogP contribution in [0.4, 0.5) is 10.1 Å². The maximum atomic E-state index is 13.4. The second kappa shape index (κ2) is 13.1. The summed E-state index contributed by atoms with van der Waals surface area (Å²) in [6.07, 6.45) is 6.33. The zero-order valence-corrected chi connectivity index (χ0v) is 22.8. The van der Waals surface area contributed by atoms with Gasteiger partial charge >= 0.3 is 0 Å². The monoisotopic (exact) mass is 557 g/mol. The number of carbonyl (C=O) groups excluding carboxylic acids is 2. The van der Waals surface area contributed by atoms with E-state index in [4.69, 9.17) is 9.47 Å². The van der Waals surface area contributed by atoms with Crippen LogP contribution < -0.4 is 14.8 Å². The van der Waals surface area contributed by atoms with E-state index in [1.807, 2.05) is 18.2 Å². The van der Waals surface area contributed by atoms with Crippen molar-refractivity contribution in [2.75, 3.05) is 19.0 Å². The van der Waals surface area contributed by atoms with E-state index in [2.05, 4.69) is 21.6 Å². The summed E-state index contributed by atoms with van der Waals surface area (Å²) in [7, 11) is 1.66. The number of carbonyl (C=O) groups is 2. The summed E-state index contributed by atoms with van der Waals surface area (Å²) < 4.78 is 24.2. The molecule has 0 bridgehead atoms. The lowest BCUT2D eigenvalue weighted by Crippen LogP contribution is -2.44. The average molecular weight is 558 g/mol. The third kappa shape index (κ3) is 7.47. The van der Waals surface area contributed by atoms with Crippen LogP contribution in [-0.4, -0.2) is 51.4 Å². The van der Waals surface area contributed by atoms with Crippen molar-refractivity contribution < 1.29 is 23.5 Å². The van der Waals surface area contributed by atoms with Gasteiger partial charge in [0.05, 0.1) is 19.5 Å². The Kier molecular flexibility index (Phi) is 8.88. The number of hydrogen-bond acceptors (Lipinski definition) is 6. The first kappa shape index (κ1) is 27.8. The van der Waals surface area contributed by atoms with Gasteiger partial charge in [0.2, 0.25) is 11.8 Å². The fraction of sp³-hybridized carbons (Fsp3) is 0.290. The van der Waals surface area contributed by atoms with Gasteiger partial charge in [-0.2, -0.15) is 15.0 Å². The smallest absolute Gasteiger partial charge is 0.247 e. The minimum absolute atomic E-state index is 0.0251. The highest BCUT2D eigenvalue weighted by atomic mass is 19.1. The number of anilines is 1. The van der Waals surface area contributed by atoms with Crippen LogP contribution in [0.15, 0.2) is 85.2 Å². The van der Waals surface area contributed by atoms with Crippen LogP contribution in [0.5, 0.6) is 17.2 Å². The highest BCUT2D eigenvalue weighted by molar-refractivity contribution is 5.97. The number of halogens is 1. The molecule has 1 fully saturated rings. The highest BCUT2D eigenvalue weighted by Gasteiger charge is 2.39. The molecule has 0 radical (unpaired) electrons. The van der Waals surface area contributed by atoms with Crippen molar-refractivity contribution in [1.29, 1.82) is 0 Å². The number of aromatic nitrogens is 3. The molecule has 1 aliphatic heterocycles. The largest absolute Gasteiger partial charge is 0.497 e. The Hall–Kier alpha value is -4.73. The molecule has 0 aliphatic carbocycles. The van der Waals surface area contributed by atoms with Crippen LogP contribution in [0, 0.1) is 11.7 Å². The first-order valence-electron chi connectivity index (χ1n) is 13.6. The maximum absolute atomic E-state index is 13.4. The Balaban J connectivity index is 1.21. The number of likely N-dealkylation sites (tertiary alicyclic amines) is 1. The van der Waals surface area contributed by atoms with Crippen molar-refractivity contribution >= 4 is 17.5 Å². The minimum atomic E-state index is -0.602. The first-order valence-corrected chi connectivity index (χ1v) is 13.6. The number of nitrogens with one attached hydrogen (secondary N) is 1. The van der Waals surface area contributed by atoms with Crippen molar-refractivity contribution in [3.63, 3.8) is 0 Å². The first-order chi connectivity index (χ1) is 20.0. The fourth-order valence-electron chi connectivity index (χ4n) is 5.09. The van der Waals surface area contributed by atoms with E-state index in [-0.39, 0.29) is 30.1 Å². The van der Waals surface area contributed by atoms with E-state index in [0.29, 0.717) is 30.2 Å². The predicted molar refractivity (Wildman–Crippen MR) is 151 cm³/mol. The molecule has 9 nitrogen and oxygen atoms in total. The number of rotatable bonds is 11. The zero-order valence-electron chi connectivity index (χ0n) is 22.8. The highest BCUT2D eigenvalue weighted by Crippen LogP contribution is 2.30. The minimum Gasteiger partial charge on any atom is -0.497 e. The summed E-state index contributed by atoms with van der Waals surface area (Å²) in [5.41, 5.74) is 1.78. The van der Waals surface area contributed by atoms with Gasteiger partial charge < -0.3 is 19.7 Å². The van der Waals surface area contributed by atoms with Crippen LogP contribution in [-0.2, 0) is 22.6 Å². The molecule has 2 heterocycles. The number of nitrogens with zero attached hydrogens (tertiary/aromatic N) is 4. The standard InChI is InChI=1S/C31H32FN5O4/c1-40-28-7-3-5-22(18-28)4-2-6-23-19-29(36(20-23)30(38)21-37-33-16-17-34-37)31(39)35-25-10-14-27(15-11-25)41-26-12-8-24(32)9-13-26/h3,5,7-18,23,29H,2,4,6,19-21H2,1H3,(H,35,39). The molecule has 212 valence electrons. The molecular weight excluding hydrogens is 525 g/mol. The third-order valence-corrected chi connectivity index (χ3v) is 7.14. The van der Waals surface area contributed by atoms with Gasteiger partial charge in [0.15, 0.2) is 0 Å². The molecule has 0 saturated carbocycles. The van der Waals surface area contributed by atoms with Gasteiger partial charge in [-0.15, -0.1) is 0 Å². The van der Waals surface area contributed by atoms with Gasteiger partial charge in [-0.25, -0.2) is 4.39 Å². The molecule has 1 aromatic heterocycles. The molecular formula is C31H32FN5O4. The molecule has 2 unspecified atom stereocenters. The lowest BCUT2D eigenvalue weighted by Gasteiger charge is -2.23. The lowest BCUT2D eigenvalue weighted by molar-refractivity contribution is -0.137. The van der Waals surface area contributed by atoms with E-state index < -0.39 is 6.04 Å². The van der Waals surface area contributed by atoms with Gasteiger partial charge in [-0.1, -0.05) is 12.1 Å². The molecule has 5 rings (SSSR count). The zero-order chi connectivity index (χ0) is 28.6. The number of amides is 2. The molecule has 10 heteroatoms. The molecule has 3 aromatic carbocycles. The number of methoxy groups -OCH3 is 1. The summed E-state index contributed by atoms with van der Waals surface area (Å²) in [5, 5.41) is 11.0. The quantitative estimate of drug-likeness (QED) is 0.276. The lowest BCUT2D eigenvalue weighted by atomic mass is 9.97. The van der Waals surface area contributed by atoms with Gasteiger partial charge in [0, 0.05) is 12.2 Å². The Labute approximate surface area is 237 Å². The molecule has 41 heavy (non-hydrogen) atoms. The summed E-state index contributed by atoms with van der Waals surface area (Å²) in [5.74, 6) is 1.31. The normalized spacial score (nSPS) is 16.4. The van der Waals surface area contributed by atoms with Crippen LogP contribution in [0.2, 0.25) is 0 Å². The second-order valence-electron chi connectivity index (χ2n) is 10.0. The molecule has 0 spiro atoms. The fourth-order valence-corrected chi connectivity index (χ4v) is 5.09. The van der Waals surface area contributed by atoms with E-state index in [9.17, 15) is 14.0 Å².